The molecule has 2 heterocycles. The Morgan fingerprint density at radius 2 is 2.13 bits per heavy atom. The van der Waals surface area contributed by atoms with Gasteiger partial charge in [-0.25, -0.2) is 4.39 Å². The van der Waals surface area contributed by atoms with Gasteiger partial charge in [-0.1, -0.05) is 6.92 Å². The first kappa shape index (κ1) is 18.4. The van der Waals surface area contributed by atoms with E-state index in [4.69, 9.17) is 0 Å². The van der Waals surface area contributed by atoms with Gasteiger partial charge in [-0.15, -0.1) is 12.4 Å². The lowest BCUT2D eigenvalue weighted by Crippen LogP contribution is -2.44. The Balaban J connectivity index is 0.00000192. The summed E-state index contributed by atoms with van der Waals surface area (Å²) in [6.45, 7) is 7.49. The van der Waals surface area contributed by atoms with E-state index in [0.717, 1.165) is 45.6 Å². The van der Waals surface area contributed by atoms with Crippen LogP contribution in [0.5, 0.6) is 0 Å². The Kier molecular flexibility index (Phi) is 6.18. The summed E-state index contributed by atoms with van der Waals surface area (Å²) < 4.78 is 13.0. The second-order valence-electron chi connectivity index (χ2n) is 7.18. The summed E-state index contributed by atoms with van der Waals surface area (Å²) in [5, 5.41) is 3.44. The van der Waals surface area contributed by atoms with Crippen molar-refractivity contribution >= 4 is 18.2 Å². The zero-order chi connectivity index (χ0) is 15.6. The third kappa shape index (κ3) is 4.52. The largest absolute Gasteiger partial charge is 0.316 e. The molecule has 2 aliphatic heterocycles. The molecule has 128 valence electrons. The number of Topliss-reactive ketones (excluding diaryl/α,β-unsaturated/α-hetero) is 1. The summed E-state index contributed by atoms with van der Waals surface area (Å²) in [6.07, 6.45) is 3.23. The average Bonchev–Trinajstić information content (AvgIpc) is 2.94. The summed E-state index contributed by atoms with van der Waals surface area (Å²) in [6, 6.07) is 5.97. The van der Waals surface area contributed by atoms with Crippen LogP contribution in [0.25, 0.3) is 0 Å². The van der Waals surface area contributed by atoms with Crippen molar-refractivity contribution in [2.24, 2.45) is 11.3 Å². The third-order valence-electron chi connectivity index (χ3n) is 5.07. The lowest BCUT2D eigenvalue weighted by atomic mass is 9.85. The number of hydrogen-bond donors (Lipinski definition) is 1. The maximum Gasteiger partial charge on any atom is 0.167 e. The van der Waals surface area contributed by atoms with Gasteiger partial charge in [-0.05, 0) is 62.0 Å². The number of carbonyl (C=O) groups excluding carboxylic acids is 1. The van der Waals surface area contributed by atoms with Crippen molar-refractivity contribution < 1.29 is 9.18 Å². The molecule has 0 amide bonds. The van der Waals surface area contributed by atoms with Crippen LogP contribution in [0.4, 0.5) is 4.39 Å². The van der Waals surface area contributed by atoms with Crippen LogP contribution in [0.2, 0.25) is 0 Å². The molecule has 1 aromatic rings. The Labute approximate surface area is 144 Å². The highest BCUT2D eigenvalue weighted by Gasteiger charge is 2.34. The molecule has 0 aliphatic carbocycles. The van der Waals surface area contributed by atoms with Gasteiger partial charge in [0.1, 0.15) is 5.82 Å². The van der Waals surface area contributed by atoms with E-state index in [2.05, 4.69) is 17.1 Å². The molecule has 1 N–H and O–H groups in total. The molecule has 2 aliphatic rings. The Hall–Kier alpha value is -0.970. The molecule has 0 saturated carbocycles. The molecular formula is C18H26ClFN2O. The topological polar surface area (TPSA) is 32.3 Å². The Morgan fingerprint density at radius 1 is 1.39 bits per heavy atom. The molecule has 5 heteroatoms. The number of piperidine rings is 1. The minimum absolute atomic E-state index is 0. The monoisotopic (exact) mass is 340 g/mol. The van der Waals surface area contributed by atoms with E-state index < -0.39 is 0 Å². The third-order valence-corrected chi connectivity index (χ3v) is 5.07. The predicted octanol–water partition coefficient (Wildman–Crippen LogP) is 3.14. The number of ketones is 1. The number of benzene rings is 1. The zero-order valence-corrected chi connectivity index (χ0v) is 14.5. The van der Waals surface area contributed by atoms with Crippen LogP contribution in [-0.4, -0.2) is 43.4 Å². The molecule has 0 aromatic heterocycles. The van der Waals surface area contributed by atoms with Crippen molar-refractivity contribution in [3.8, 4) is 0 Å². The number of likely N-dealkylation sites (tertiary alicyclic amines) is 1. The Morgan fingerprint density at radius 3 is 2.78 bits per heavy atom. The lowest BCUT2D eigenvalue weighted by Gasteiger charge is -2.37. The SMILES string of the molecule is CC1(CN2CCCC(C(=O)c3ccc(F)cc3)C2)CCNC1.Cl. The van der Waals surface area contributed by atoms with Gasteiger partial charge in [0, 0.05) is 31.1 Å². The summed E-state index contributed by atoms with van der Waals surface area (Å²) >= 11 is 0. The van der Waals surface area contributed by atoms with E-state index in [1.54, 1.807) is 12.1 Å². The van der Waals surface area contributed by atoms with Crippen molar-refractivity contribution in [2.75, 3.05) is 32.7 Å². The predicted molar refractivity (Wildman–Crippen MR) is 92.7 cm³/mol. The smallest absolute Gasteiger partial charge is 0.167 e. The van der Waals surface area contributed by atoms with Gasteiger partial charge < -0.3 is 10.2 Å². The second-order valence-corrected chi connectivity index (χ2v) is 7.18. The van der Waals surface area contributed by atoms with Gasteiger partial charge in [0.2, 0.25) is 0 Å². The highest BCUT2D eigenvalue weighted by molar-refractivity contribution is 5.98. The van der Waals surface area contributed by atoms with Crippen LogP contribution < -0.4 is 5.32 Å². The Bertz CT molecular complexity index is 528. The number of carbonyl (C=O) groups is 1. The fourth-order valence-corrected chi connectivity index (χ4v) is 3.81. The number of rotatable bonds is 4. The molecule has 3 nitrogen and oxygen atoms in total. The van der Waals surface area contributed by atoms with Crippen LogP contribution in [0.3, 0.4) is 0 Å². The van der Waals surface area contributed by atoms with Crippen molar-refractivity contribution in [3.05, 3.63) is 35.6 Å². The quantitative estimate of drug-likeness (QED) is 0.855. The van der Waals surface area contributed by atoms with Gasteiger partial charge in [0.15, 0.2) is 5.78 Å². The molecule has 23 heavy (non-hydrogen) atoms. The molecule has 2 unspecified atom stereocenters. The summed E-state index contributed by atoms with van der Waals surface area (Å²) in [4.78, 5) is 15.1. The molecule has 3 rings (SSSR count). The summed E-state index contributed by atoms with van der Waals surface area (Å²) in [5.41, 5.74) is 0.975. The summed E-state index contributed by atoms with van der Waals surface area (Å²) in [7, 11) is 0. The van der Waals surface area contributed by atoms with Gasteiger partial charge in [-0.2, -0.15) is 0 Å². The molecule has 2 saturated heterocycles. The van der Waals surface area contributed by atoms with Crippen molar-refractivity contribution in [2.45, 2.75) is 26.2 Å². The van der Waals surface area contributed by atoms with Gasteiger partial charge in [-0.3, -0.25) is 4.79 Å². The number of hydrogen-bond acceptors (Lipinski definition) is 3. The molecular weight excluding hydrogens is 315 g/mol. The number of nitrogens with zero attached hydrogens (tertiary/aromatic N) is 1. The first-order valence-electron chi connectivity index (χ1n) is 8.29. The first-order chi connectivity index (χ1) is 10.6. The fourth-order valence-electron chi connectivity index (χ4n) is 3.81. The molecule has 1 aromatic carbocycles. The molecule has 0 radical (unpaired) electrons. The maximum absolute atomic E-state index is 13.0. The minimum atomic E-state index is -0.288. The molecule has 0 bridgehead atoms. The molecule has 0 spiro atoms. The number of halogens is 2. The van der Waals surface area contributed by atoms with Crippen LogP contribution >= 0.6 is 12.4 Å². The van der Waals surface area contributed by atoms with E-state index in [1.807, 2.05) is 0 Å². The lowest BCUT2D eigenvalue weighted by molar-refractivity contribution is 0.0759. The van der Waals surface area contributed by atoms with Crippen molar-refractivity contribution in [3.63, 3.8) is 0 Å². The van der Waals surface area contributed by atoms with E-state index >= 15 is 0 Å². The van der Waals surface area contributed by atoms with Crippen LogP contribution in [0, 0.1) is 17.2 Å². The van der Waals surface area contributed by atoms with Crippen LogP contribution in [-0.2, 0) is 0 Å². The molecule has 2 atom stereocenters. The highest BCUT2D eigenvalue weighted by atomic mass is 35.5. The number of nitrogens with one attached hydrogen (secondary N) is 1. The second kappa shape index (κ2) is 7.73. The highest BCUT2D eigenvalue weighted by Crippen LogP contribution is 2.29. The molecule has 2 fully saturated rings. The van der Waals surface area contributed by atoms with E-state index in [1.165, 1.54) is 18.6 Å². The van der Waals surface area contributed by atoms with Gasteiger partial charge in [0.25, 0.3) is 0 Å². The average molecular weight is 341 g/mol. The van der Waals surface area contributed by atoms with Gasteiger partial charge >= 0.3 is 0 Å². The fraction of sp³-hybridized carbons (Fsp3) is 0.611. The summed E-state index contributed by atoms with van der Waals surface area (Å²) in [5.74, 6) is -0.0694. The zero-order valence-electron chi connectivity index (χ0n) is 13.7. The minimum Gasteiger partial charge on any atom is -0.316 e. The van der Waals surface area contributed by atoms with Gasteiger partial charge in [0.05, 0.1) is 0 Å². The maximum atomic E-state index is 13.0. The van der Waals surface area contributed by atoms with Crippen LogP contribution in [0.15, 0.2) is 24.3 Å². The van der Waals surface area contributed by atoms with E-state index in [-0.39, 0.29) is 29.9 Å². The normalized spacial score (nSPS) is 28.3. The van der Waals surface area contributed by atoms with E-state index in [9.17, 15) is 9.18 Å². The first-order valence-corrected chi connectivity index (χ1v) is 8.29. The van der Waals surface area contributed by atoms with Crippen molar-refractivity contribution in [1.82, 2.24) is 10.2 Å². The van der Waals surface area contributed by atoms with Crippen molar-refractivity contribution in [1.29, 1.82) is 0 Å². The van der Waals surface area contributed by atoms with E-state index in [0.29, 0.717) is 11.0 Å². The van der Waals surface area contributed by atoms with Crippen LogP contribution in [0.1, 0.15) is 36.5 Å². The standard InChI is InChI=1S/C18H25FN2O.ClH/c1-18(8-9-20-12-18)13-21-10-2-3-15(11-21)17(22)14-4-6-16(19)7-5-14;/h4-7,15,20H,2-3,8-13H2,1H3;1H.